The normalized spacial score (nSPS) is 17.1. The second-order valence-corrected chi connectivity index (χ2v) is 8.34. The lowest BCUT2D eigenvalue weighted by molar-refractivity contribution is -0.114. The Morgan fingerprint density at radius 2 is 1.76 bits per heavy atom. The van der Waals surface area contributed by atoms with Gasteiger partial charge in [-0.1, -0.05) is 60.7 Å². The Kier molecular flexibility index (Phi) is 5.45. The molecular formula is C24H15F3N4O2S. The van der Waals surface area contributed by atoms with Crippen molar-refractivity contribution >= 4 is 50.6 Å². The van der Waals surface area contributed by atoms with E-state index in [9.17, 15) is 18.0 Å². The van der Waals surface area contributed by atoms with Crippen molar-refractivity contribution in [2.75, 3.05) is 0 Å². The molecule has 0 aromatic heterocycles. The fraction of sp³-hybridized carbons (Fsp3) is 0.0833. The van der Waals surface area contributed by atoms with Gasteiger partial charge in [0.15, 0.2) is 5.84 Å². The number of nitrogens with one attached hydrogen (secondary N) is 1. The third-order valence-electron chi connectivity index (χ3n) is 5.18. The standard InChI is InChI=1S/C24H15F3N4O2S/c25-24(26,27)22-30-31-20(28)18(21(32)29-23(31)34-22)12-15-7-2-4-11-19(15)33-13-16-9-5-8-14-6-1-3-10-17(14)16/h1-12,28H,13H2/b18-12-,28-20?. The van der Waals surface area contributed by atoms with Crippen LogP contribution in [0.25, 0.3) is 16.8 Å². The molecule has 2 heterocycles. The first kappa shape index (κ1) is 21.9. The number of benzene rings is 3. The summed E-state index contributed by atoms with van der Waals surface area (Å²) in [5.41, 5.74) is 1.28. The topological polar surface area (TPSA) is 78.1 Å². The number of amides is 1. The van der Waals surface area contributed by atoms with Crippen LogP contribution in [-0.4, -0.2) is 33.1 Å². The maximum Gasteiger partial charge on any atom is 0.441 e. The number of ether oxygens (including phenoxy) is 1. The summed E-state index contributed by atoms with van der Waals surface area (Å²) in [5, 5.41) is 13.1. The molecule has 3 aromatic carbocycles. The Hall–Kier alpha value is -3.92. The number of aliphatic imine (C=N–C) groups is 1. The highest BCUT2D eigenvalue weighted by Gasteiger charge is 2.46. The number of nitrogens with zero attached hydrogens (tertiary/aromatic N) is 3. The first-order valence-corrected chi connectivity index (χ1v) is 10.9. The molecule has 0 fully saturated rings. The molecule has 2 aliphatic heterocycles. The number of hydrazone groups is 1. The maximum atomic E-state index is 13.0. The number of para-hydroxylation sites is 1. The van der Waals surface area contributed by atoms with Crippen molar-refractivity contribution in [1.29, 1.82) is 5.41 Å². The molecule has 0 bridgehead atoms. The lowest BCUT2D eigenvalue weighted by atomic mass is 10.1. The first-order valence-electron chi connectivity index (χ1n) is 10.1. The minimum atomic E-state index is -4.69. The van der Waals surface area contributed by atoms with E-state index in [1.807, 2.05) is 42.5 Å². The van der Waals surface area contributed by atoms with Crippen LogP contribution in [0.5, 0.6) is 5.75 Å². The van der Waals surface area contributed by atoms with Crippen molar-refractivity contribution < 1.29 is 22.7 Å². The molecule has 3 aromatic rings. The van der Waals surface area contributed by atoms with Gasteiger partial charge in [-0.15, -0.1) is 0 Å². The zero-order chi connectivity index (χ0) is 23.9. The second-order valence-electron chi connectivity index (χ2n) is 7.39. The molecule has 0 atom stereocenters. The molecule has 0 saturated heterocycles. The molecule has 0 spiro atoms. The van der Waals surface area contributed by atoms with Crippen molar-refractivity contribution in [3.8, 4) is 5.75 Å². The van der Waals surface area contributed by atoms with Crippen LogP contribution in [0.2, 0.25) is 0 Å². The number of hydrogen-bond donors (Lipinski definition) is 1. The third kappa shape index (κ3) is 4.08. The van der Waals surface area contributed by atoms with Crippen LogP contribution >= 0.6 is 11.8 Å². The predicted octanol–water partition coefficient (Wildman–Crippen LogP) is 5.60. The molecule has 0 aliphatic carbocycles. The number of carbonyl (C=O) groups is 1. The fourth-order valence-corrected chi connectivity index (χ4v) is 4.33. The molecule has 2 aliphatic rings. The summed E-state index contributed by atoms with van der Waals surface area (Å²) >= 11 is 0.214. The summed E-state index contributed by atoms with van der Waals surface area (Å²) in [7, 11) is 0. The Balaban J connectivity index is 1.44. The van der Waals surface area contributed by atoms with Gasteiger partial charge in [0.05, 0.1) is 5.57 Å². The fourth-order valence-electron chi connectivity index (χ4n) is 3.57. The van der Waals surface area contributed by atoms with Crippen molar-refractivity contribution in [1.82, 2.24) is 5.01 Å². The van der Waals surface area contributed by atoms with Crippen LogP contribution in [0.3, 0.4) is 0 Å². The molecule has 10 heteroatoms. The highest BCUT2D eigenvalue weighted by Crippen LogP contribution is 2.35. The number of amidine groups is 2. The summed E-state index contributed by atoms with van der Waals surface area (Å²) in [5.74, 6) is -0.842. The molecule has 1 N–H and O–H groups in total. The van der Waals surface area contributed by atoms with Gasteiger partial charge in [-0.05, 0) is 40.2 Å². The highest BCUT2D eigenvalue weighted by atomic mass is 32.2. The predicted molar refractivity (Wildman–Crippen MR) is 126 cm³/mol. The number of alkyl halides is 3. The van der Waals surface area contributed by atoms with Crippen LogP contribution in [0.15, 0.2) is 82.4 Å². The monoisotopic (exact) mass is 480 g/mol. The minimum absolute atomic E-state index is 0.183. The molecular weight excluding hydrogens is 465 g/mol. The van der Waals surface area contributed by atoms with Gasteiger partial charge in [-0.2, -0.15) is 28.3 Å². The van der Waals surface area contributed by atoms with Crippen LogP contribution in [-0.2, 0) is 11.4 Å². The van der Waals surface area contributed by atoms with Gasteiger partial charge >= 0.3 is 6.18 Å². The number of rotatable bonds is 4. The van der Waals surface area contributed by atoms with Crippen molar-refractivity contribution in [3.05, 3.63) is 83.4 Å². The van der Waals surface area contributed by atoms with Gasteiger partial charge in [-0.3, -0.25) is 10.2 Å². The lowest BCUT2D eigenvalue weighted by Crippen LogP contribution is -2.35. The minimum Gasteiger partial charge on any atom is -0.488 e. The van der Waals surface area contributed by atoms with Gasteiger partial charge < -0.3 is 4.74 Å². The zero-order valence-corrected chi connectivity index (χ0v) is 18.2. The summed E-state index contributed by atoms with van der Waals surface area (Å²) in [6.45, 7) is 0.261. The first-order chi connectivity index (χ1) is 16.3. The van der Waals surface area contributed by atoms with E-state index >= 15 is 0 Å². The number of thioether (sulfide) groups is 1. The van der Waals surface area contributed by atoms with E-state index in [4.69, 9.17) is 10.1 Å². The van der Waals surface area contributed by atoms with Gasteiger partial charge in [0.2, 0.25) is 10.2 Å². The SMILES string of the molecule is N=C1/C(=C/c2ccccc2OCc2cccc3ccccc23)C(=O)N=C2SC(C(F)(F)F)=NN12. The summed E-state index contributed by atoms with van der Waals surface area (Å²) in [4.78, 5) is 16.2. The molecule has 0 saturated carbocycles. The van der Waals surface area contributed by atoms with E-state index in [1.165, 1.54) is 6.08 Å². The Morgan fingerprint density at radius 1 is 1.03 bits per heavy atom. The lowest BCUT2D eigenvalue weighted by Gasteiger charge is -2.20. The molecule has 6 nitrogen and oxygen atoms in total. The molecule has 0 radical (unpaired) electrons. The van der Waals surface area contributed by atoms with Crippen molar-refractivity contribution in [3.63, 3.8) is 0 Å². The highest BCUT2D eigenvalue weighted by molar-refractivity contribution is 8.27. The quantitative estimate of drug-likeness (QED) is 0.493. The molecule has 5 rings (SSSR count). The largest absolute Gasteiger partial charge is 0.488 e. The van der Waals surface area contributed by atoms with E-state index in [0.717, 1.165) is 21.3 Å². The molecule has 34 heavy (non-hydrogen) atoms. The van der Waals surface area contributed by atoms with Crippen molar-refractivity contribution in [2.45, 2.75) is 12.8 Å². The number of fused-ring (bicyclic) bond motifs is 2. The summed E-state index contributed by atoms with van der Waals surface area (Å²) < 4.78 is 45.1. The number of hydrogen-bond acceptors (Lipinski definition) is 5. The summed E-state index contributed by atoms with van der Waals surface area (Å²) in [6, 6.07) is 20.7. The van der Waals surface area contributed by atoms with Gasteiger partial charge in [-0.25, -0.2) is 0 Å². The maximum absolute atomic E-state index is 13.0. The van der Waals surface area contributed by atoms with Crippen LogP contribution < -0.4 is 4.74 Å². The third-order valence-corrected chi connectivity index (χ3v) is 6.13. The van der Waals surface area contributed by atoms with Gasteiger partial charge in [0.1, 0.15) is 12.4 Å². The Morgan fingerprint density at radius 3 is 2.59 bits per heavy atom. The van der Waals surface area contributed by atoms with Crippen LogP contribution in [0.1, 0.15) is 11.1 Å². The average molecular weight is 480 g/mol. The van der Waals surface area contributed by atoms with Crippen LogP contribution in [0.4, 0.5) is 13.2 Å². The smallest absolute Gasteiger partial charge is 0.441 e. The molecule has 170 valence electrons. The number of carbonyl (C=O) groups excluding carboxylic acids is 1. The van der Waals surface area contributed by atoms with Gasteiger partial charge in [0, 0.05) is 5.56 Å². The van der Waals surface area contributed by atoms with Crippen molar-refractivity contribution in [2.24, 2.45) is 10.1 Å². The van der Waals surface area contributed by atoms with E-state index in [1.54, 1.807) is 24.3 Å². The second kappa shape index (κ2) is 8.45. The van der Waals surface area contributed by atoms with E-state index in [2.05, 4.69) is 10.1 Å². The average Bonchev–Trinajstić information content (AvgIpc) is 3.26. The summed E-state index contributed by atoms with van der Waals surface area (Å²) in [6.07, 6.45) is -3.31. The van der Waals surface area contributed by atoms with E-state index in [0.29, 0.717) is 11.3 Å². The molecule has 1 amide bonds. The van der Waals surface area contributed by atoms with E-state index < -0.39 is 23.0 Å². The zero-order valence-electron chi connectivity index (χ0n) is 17.3. The number of halogens is 3. The van der Waals surface area contributed by atoms with Gasteiger partial charge in [0.25, 0.3) is 5.91 Å². The van der Waals surface area contributed by atoms with E-state index in [-0.39, 0.29) is 29.1 Å². The van der Waals surface area contributed by atoms with Crippen LogP contribution in [0, 0.1) is 5.41 Å². The Labute approximate surface area is 195 Å². The Bertz CT molecular complexity index is 1420. The molecule has 0 unspecified atom stereocenters.